The predicted molar refractivity (Wildman–Crippen MR) is 150 cm³/mol. The van der Waals surface area contributed by atoms with Gasteiger partial charge in [0.15, 0.2) is 0 Å². The first-order chi connectivity index (χ1) is 17.5. The van der Waals surface area contributed by atoms with Crippen molar-refractivity contribution in [1.82, 2.24) is 0 Å². The van der Waals surface area contributed by atoms with Crippen LogP contribution >= 0.6 is 7.82 Å². The van der Waals surface area contributed by atoms with Gasteiger partial charge in [-0.25, -0.2) is 4.57 Å². The molecule has 0 aliphatic carbocycles. The van der Waals surface area contributed by atoms with Crippen molar-refractivity contribution in [2.75, 3.05) is 121 Å². The Balaban J connectivity index is 5.21. The maximum atomic E-state index is 13.5. The highest BCUT2D eigenvalue weighted by atomic mass is 31.2. The SMILES string of the molecule is C[N+](C)(CCCN)CC(O)COP(=O)(OCC(O)C[N+](C)(C)CCCN)OCC(O)C[N+](C)(C)CCCN. The molecule has 0 saturated heterocycles. The molecule has 0 aliphatic rings. The number of hydrogen-bond acceptors (Lipinski definition) is 10. The van der Waals surface area contributed by atoms with Crippen molar-refractivity contribution in [2.24, 2.45) is 17.2 Å². The van der Waals surface area contributed by atoms with E-state index in [2.05, 4.69) is 0 Å². The number of aliphatic hydroxyl groups excluding tert-OH is 3. The van der Waals surface area contributed by atoms with Gasteiger partial charge >= 0.3 is 7.82 Å². The van der Waals surface area contributed by atoms with E-state index in [-0.39, 0.29) is 19.8 Å². The number of likely N-dealkylation sites (N-methyl/N-ethyl adjacent to an activating group) is 3. The lowest BCUT2D eigenvalue weighted by atomic mass is 10.3. The number of rotatable bonds is 24. The number of phosphoric acid groups is 1. The second-order valence-electron chi connectivity index (χ2n) is 12.2. The van der Waals surface area contributed by atoms with E-state index in [9.17, 15) is 19.9 Å². The van der Waals surface area contributed by atoms with Crippen LogP contribution in [-0.2, 0) is 18.1 Å². The van der Waals surface area contributed by atoms with E-state index in [0.29, 0.717) is 52.7 Å². The second-order valence-corrected chi connectivity index (χ2v) is 13.9. The highest BCUT2D eigenvalue weighted by Crippen LogP contribution is 2.49. The fourth-order valence-corrected chi connectivity index (χ4v) is 5.63. The van der Waals surface area contributed by atoms with Crippen molar-refractivity contribution in [2.45, 2.75) is 37.6 Å². The van der Waals surface area contributed by atoms with Gasteiger partial charge in [-0.1, -0.05) is 0 Å². The van der Waals surface area contributed by atoms with E-state index in [1.54, 1.807) is 0 Å². The van der Waals surface area contributed by atoms with Crippen LogP contribution in [0.3, 0.4) is 0 Å². The standard InChI is InChI=1S/C24H60N6O7P/c1-28(2,13-7-10-25)16-22(31)19-35-38(34,36-20-23(32)17-29(3,4)14-8-11-26)37-21-24(33)18-30(5,6)15-9-12-27/h22-24,31-33H,7-21,25-27H2,1-6H3/q+3. The number of nitrogens with zero attached hydrogens (tertiary/aromatic N) is 3. The molecule has 0 amide bonds. The molecule has 0 aromatic heterocycles. The van der Waals surface area contributed by atoms with Crippen LogP contribution in [0.15, 0.2) is 0 Å². The molecule has 0 heterocycles. The summed E-state index contributed by atoms with van der Waals surface area (Å²) in [5, 5.41) is 31.6. The molecule has 14 heteroatoms. The molecular weight excluding hydrogens is 515 g/mol. The van der Waals surface area contributed by atoms with Gasteiger partial charge in [0.05, 0.1) is 81.7 Å². The molecule has 13 nitrogen and oxygen atoms in total. The zero-order valence-corrected chi connectivity index (χ0v) is 25.7. The Morgan fingerprint density at radius 2 is 0.816 bits per heavy atom. The van der Waals surface area contributed by atoms with Crippen molar-refractivity contribution in [1.29, 1.82) is 0 Å². The number of nitrogens with two attached hydrogens (primary N) is 3. The van der Waals surface area contributed by atoms with Gasteiger partial charge < -0.3 is 46.0 Å². The topological polar surface area (TPSA) is 184 Å². The van der Waals surface area contributed by atoms with Gasteiger partial charge in [-0.2, -0.15) is 0 Å². The minimum absolute atomic E-state index is 0.288. The van der Waals surface area contributed by atoms with Crippen molar-refractivity contribution in [3.63, 3.8) is 0 Å². The summed E-state index contributed by atoms with van der Waals surface area (Å²) in [7, 11) is 7.59. The van der Waals surface area contributed by atoms with Crippen LogP contribution in [0, 0.1) is 0 Å². The lowest BCUT2D eigenvalue weighted by Crippen LogP contribution is -2.48. The summed E-state index contributed by atoms with van der Waals surface area (Å²) in [6.07, 6.45) is -0.380. The largest absolute Gasteiger partial charge is 0.475 e. The minimum atomic E-state index is -4.20. The molecule has 3 unspecified atom stereocenters. The first-order valence-corrected chi connectivity index (χ1v) is 15.1. The molecule has 0 fully saturated rings. The van der Waals surface area contributed by atoms with Crippen LogP contribution in [0.2, 0.25) is 0 Å². The number of aliphatic hydroxyl groups is 3. The predicted octanol–water partition coefficient (Wildman–Crippen LogP) is -1.50. The maximum absolute atomic E-state index is 13.5. The van der Waals surface area contributed by atoms with E-state index in [4.69, 9.17) is 30.8 Å². The summed E-state index contributed by atoms with van der Waals surface area (Å²) < 4.78 is 31.5. The Morgan fingerprint density at radius 3 is 1.03 bits per heavy atom. The zero-order valence-electron chi connectivity index (χ0n) is 24.8. The normalized spacial score (nSPS) is 17.3. The van der Waals surface area contributed by atoms with Gasteiger partial charge in [0.2, 0.25) is 0 Å². The lowest BCUT2D eigenvalue weighted by Gasteiger charge is -2.33. The summed E-state index contributed by atoms with van der Waals surface area (Å²) in [6.45, 7) is 4.17. The van der Waals surface area contributed by atoms with E-state index in [1.165, 1.54) is 0 Å². The van der Waals surface area contributed by atoms with Crippen LogP contribution in [0.5, 0.6) is 0 Å². The minimum Gasteiger partial charge on any atom is -0.385 e. The molecule has 9 N–H and O–H groups in total. The smallest absolute Gasteiger partial charge is 0.385 e. The summed E-state index contributed by atoms with van der Waals surface area (Å²) >= 11 is 0. The van der Waals surface area contributed by atoms with E-state index < -0.39 is 26.1 Å². The van der Waals surface area contributed by atoms with Crippen LogP contribution in [0.1, 0.15) is 19.3 Å². The lowest BCUT2D eigenvalue weighted by molar-refractivity contribution is -0.893. The molecule has 230 valence electrons. The molecule has 0 aromatic carbocycles. The first kappa shape index (κ1) is 37.8. The van der Waals surface area contributed by atoms with Crippen LogP contribution in [0.4, 0.5) is 0 Å². The molecular formula is C24H60N6O7P+3. The van der Waals surface area contributed by atoms with Gasteiger partial charge in [0.25, 0.3) is 0 Å². The van der Waals surface area contributed by atoms with E-state index in [1.807, 2.05) is 42.3 Å². The average molecular weight is 576 g/mol. The third-order valence-electron chi connectivity index (χ3n) is 6.29. The molecule has 38 heavy (non-hydrogen) atoms. The molecule has 0 aromatic rings. The highest BCUT2D eigenvalue weighted by Gasteiger charge is 2.33. The van der Waals surface area contributed by atoms with Gasteiger partial charge in [-0.3, -0.25) is 13.6 Å². The maximum Gasteiger partial charge on any atom is 0.475 e. The van der Waals surface area contributed by atoms with Gasteiger partial charge in [-0.15, -0.1) is 0 Å². The molecule has 0 rings (SSSR count). The van der Waals surface area contributed by atoms with Gasteiger partial charge in [0, 0.05) is 19.3 Å². The second kappa shape index (κ2) is 18.2. The van der Waals surface area contributed by atoms with Gasteiger partial charge in [-0.05, 0) is 19.6 Å². The fraction of sp³-hybridized carbons (Fsp3) is 1.00. The van der Waals surface area contributed by atoms with Crippen molar-refractivity contribution < 1.29 is 46.9 Å². The van der Waals surface area contributed by atoms with E-state index in [0.717, 1.165) is 38.9 Å². The highest BCUT2D eigenvalue weighted by molar-refractivity contribution is 7.48. The molecule has 3 atom stereocenters. The Kier molecular flexibility index (Phi) is 18.1. The third-order valence-corrected chi connectivity index (χ3v) is 7.69. The van der Waals surface area contributed by atoms with Crippen molar-refractivity contribution >= 4 is 7.82 Å². The summed E-state index contributed by atoms with van der Waals surface area (Å²) in [6, 6.07) is 0. The van der Waals surface area contributed by atoms with E-state index >= 15 is 0 Å². The van der Waals surface area contributed by atoms with Crippen molar-refractivity contribution in [3.05, 3.63) is 0 Å². The summed E-state index contributed by atoms with van der Waals surface area (Å²) in [4.78, 5) is 0. The van der Waals surface area contributed by atoms with Crippen LogP contribution in [0.25, 0.3) is 0 Å². The Hall–Kier alpha value is -0.250. The Morgan fingerprint density at radius 1 is 0.579 bits per heavy atom. The molecule has 0 bridgehead atoms. The Labute approximate surface area is 230 Å². The van der Waals surface area contributed by atoms with Gasteiger partial charge in [0.1, 0.15) is 37.9 Å². The monoisotopic (exact) mass is 575 g/mol. The number of phosphoric ester groups is 1. The summed E-state index contributed by atoms with van der Waals surface area (Å²) in [5.74, 6) is 0. The molecule has 0 radical (unpaired) electrons. The molecule has 0 aliphatic heterocycles. The molecule has 0 saturated carbocycles. The number of hydrogen-bond donors (Lipinski definition) is 6. The quantitative estimate of drug-likeness (QED) is 0.0585. The Bertz CT molecular complexity index is 587. The average Bonchev–Trinajstić information content (AvgIpc) is 2.81. The van der Waals surface area contributed by atoms with Crippen LogP contribution in [-0.4, -0.2) is 168 Å². The molecule has 0 spiro atoms. The first-order valence-electron chi connectivity index (χ1n) is 13.6. The third kappa shape index (κ3) is 18.9. The number of quaternary nitrogens is 3. The van der Waals surface area contributed by atoms with Crippen molar-refractivity contribution in [3.8, 4) is 0 Å². The van der Waals surface area contributed by atoms with Crippen LogP contribution < -0.4 is 17.2 Å². The zero-order chi connectivity index (χ0) is 29.5. The summed E-state index contributed by atoms with van der Waals surface area (Å²) in [5.41, 5.74) is 16.8. The fourth-order valence-electron chi connectivity index (χ4n) is 4.35.